The molecule has 1 heterocycles. The summed E-state index contributed by atoms with van der Waals surface area (Å²) in [7, 11) is -3.43. The number of hydrogen-bond donors (Lipinski definition) is 1. The monoisotopic (exact) mass is 309 g/mol. The van der Waals surface area contributed by atoms with Crippen LogP contribution in [0.25, 0.3) is 0 Å². The number of aryl methyl sites for hydroxylation is 2. The Hall–Kier alpha value is -1.86. The van der Waals surface area contributed by atoms with Gasteiger partial charge in [-0.1, -0.05) is 12.1 Å². The molecule has 0 aliphatic carbocycles. The van der Waals surface area contributed by atoms with Crippen molar-refractivity contribution in [2.45, 2.75) is 31.5 Å². The summed E-state index contributed by atoms with van der Waals surface area (Å²) in [5.74, 6) is -0.116. The molecule has 0 saturated heterocycles. The summed E-state index contributed by atoms with van der Waals surface area (Å²) in [6.45, 7) is 2.86. The van der Waals surface area contributed by atoms with Crippen molar-refractivity contribution in [2.75, 3.05) is 5.75 Å². The van der Waals surface area contributed by atoms with Gasteiger partial charge in [0.1, 0.15) is 0 Å². The fraction of sp³-hybridized carbons (Fsp3) is 0.357. The van der Waals surface area contributed by atoms with E-state index in [1.54, 1.807) is 36.7 Å². The van der Waals surface area contributed by atoms with Gasteiger partial charge in [0.2, 0.25) is 0 Å². The number of benzene rings is 1. The van der Waals surface area contributed by atoms with Crippen molar-refractivity contribution in [1.29, 1.82) is 0 Å². The number of nitrogens with zero attached hydrogens (tertiary/aromatic N) is 2. The zero-order valence-corrected chi connectivity index (χ0v) is 12.7. The maximum Gasteiger partial charge on any atom is 0.328 e. The summed E-state index contributed by atoms with van der Waals surface area (Å²) in [5, 5.41) is 0. The first-order chi connectivity index (χ1) is 9.97. The molecular weight excluding hydrogens is 290 g/mol. The Labute approximate surface area is 123 Å². The number of nitrogens with two attached hydrogens (primary N) is 1. The summed E-state index contributed by atoms with van der Waals surface area (Å²) in [5.41, 5.74) is 6.10. The minimum Gasteiger partial charge on any atom is -0.326 e. The quantitative estimate of drug-likeness (QED) is 0.846. The lowest BCUT2D eigenvalue weighted by Crippen LogP contribution is -2.26. The molecule has 1 aromatic heterocycles. The van der Waals surface area contributed by atoms with E-state index in [-0.39, 0.29) is 22.9 Å². The Bertz CT molecular complexity index is 775. The Kier molecular flexibility index (Phi) is 4.64. The molecule has 1 aromatic carbocycles. The molecule has 21 heavy (non-hydrogen) atoms. The molecule has 6 nitrogen and oxygen atoms in total. The smallest absolute Gasteiger partial charge is 0.326 e. The first-order valence-electron chi connectivity index (χ1n) is 6.75. The van der Waals surface area contributed by atoms with Crippen LogP contribution in [0.1, 0.15) is 12.5 Å². The molecule has 0 spiro atoms. The van der Waals surface area contributed by atoms with Crippen molar-refractivity contribution >= 4 is 9.84 Å². The zero-order chi connectivity index (χ0) is 15.5. The van der Waals surface area contributed by atoms with Crippen molar-refractivity contribution in [3.63, 3.8) is 0 Å². The van der Waals surface area contributed by atoms with Gasteiger partial charge in [-0.25, -0.2) is 13.2 Å². The normalized spacial score (nSPS) is 11.7. The molecule has 0 saturated carbocycles. The second kappa shape index (κ2) is 6.28. The molecule has 2 rings (SSSR count). The van der Waals surface area contributed by atoms with Gasteiger partial charge in [0.15, 0.2) is 9.84 Å². The van der Waals surface area contributed by atoms with Gasteiger partial charge in [-0.3, -0.25) is 9.13 Å². The van der Waals surface area contributed by atoms with E-state index in [0.717, 1.165) is 5.56 Å². The van der Waals surface area contributed by atoms with E-state index >= 15 is 0 Å². The topological polar surface area (TPSA) is 87.1 Å². The zero-order valence-electron chi connectivity index (χ0n) is 11.9. The summed E-state index contributed by atoms with van der Waals surface area (Å²) in [6.07, 6.45) is 3.27. The van der Waals surface area contributed by atoms with Crippen LogP contribution >= 0.6 is 0 Å². The maximum atomic E-state index is 12.3. The third-order valence-corrected chi connectivity index (χ3v) is 5.05. The molecule has 0 aliphatic heterocycles. The van der Waals surface area contributed by atoms with E-state index in [2.05, 4.69) is 0 Å². The van der Waals surface area contributed by atoms with E-state index in [0.29, 0.717) is 13.1 Å². The van der Waals surface area contributed by atoms with Crippen LogP contribution < -0.4 is 11.4 Å². The molecule has 7 heteroatoms. The van der Waals surface area contributed by atoms with Crippen LogP contribution in [0, 0.1) is 0 Å². The van der Waals surface area contributed by atoms with Gasteiger partial charge >= 0.3 is 5.69 Å². The molecule has 0 aliphatic rings. The van der Waals surface area contributed by atoms with E-state index in [4.69, 9.17) is 5.73 Å². The largest absolute Gasteiger partial charge is 0.328 e. The third-order valence-electron chi connectivity index (χ3n) is 3.35. The highest BCUT2D eigenvalue weighted by Gasteiger charge is 2.15. The van der Waals surface area contributed by atoms with Gasteiger partial charge < -0.3 is 5.73 Å². The fourth-order valence-corrected chi connectivity index (χ4v) is 3.36. The van der Waals surface area contributed by atoms with Gasteiger partial charge in [-0.2, -0.15) is 0 Å². The number of aromatic nitrogens is 2. The first-order valence-corrected chi connectivity index (χ1v) is 8.40. The van der Waals surface area contributed by atoms with Crippen molar-refractivity contribution in [3.05, 3.63) is 52.7 Å². The van der Waals surface area contributed by atoms with Gasteiger partial charge in [-0.05, 0) is 24.6 Å². The lowest BCUT2D eigenvalue weighted by atomic mass is 10.2. The van der Waals surface area contributed by atoms with Crippen LogP contribution in [0.15, 0.2) is 46.3 Å². The van der Waals surface area contributed by atoms with Crippen LogP contribution in [0.5, 0.6) is 0 Å². The Morgan fingerprint density at radius 2 is 1.90 bits per heavy atom. The number of hydrogen-bond acceptors (Lipinski definition) is 4. The van der Waals surface area contributed by atoms with E-state index in [9.17, 15) is 13.2 Å². The maximum absolute atomic E-state index is 12.3. The molecule has 0 bridgehead atoms. The molecule has 2 aromatic rings. The van der Waals surface area contributed by atoms with Gasteiger partial charge in [0.25, 0.3) is 0 Å². The molecule has 0 atom stereocenters. The third kappa shape index (κ3) is 3.43. The standard InChI is InChI=1S/C14H19N3O3S/c1-2-16-6-7-17(14(16)18)8-9-21(19,20)13-5-3-4-12(10-13)11-15/h3-7,10H,2,8-9,11,15H2,1H3. The second-order valence-corrected chi connectivity index (χ2v) is 6.84. The number of rotatable bonds is 6. The molecule has 2 N–H and O–H groups in total. The average molecular weight is 309 g/mol. The SMILES string of the molecule is CCn1ccn(CCS(=O)(=O)c2cccc(CN)c2)c1=O. The van der Waals surface area contributed by atoms with E-state index in [1.807, 2.05) is 6.92 Å². The Balaban J connectivity index is 2.17. The van der Waals surface area contributed by atoms with Crippen molar-refractivity contribution < 1.29 is 8.42 Å². The van der Waals surface area contributed by atoms with Crippen molar-refractivity contribution in [1.82, 2.24) is 9.13 Å². The minimum atomic E-state index is -3.43. The minimum absolute atomic E-state index is 0.116. The predicted molar refractivity (Wildman–Crippen MR) is 80.8 cm³/mol. The molecule has 0 unspecified atom stereocenters. The summed E-state index contributed by atoms with van der Waals surface area (Å²) in [6, 6.07) is 6.59. The lowest BCUT2D eigenvalue weighted by Gasteiger charge is -2.06. The fourth-order valence-electron chi connectivity index (χ4n) is 2.07. The van der Waals surface area contributed by atoms with Crippen LogP contribution in [-0.4, -0.2) is 23.3 Å². The Morgan fingerprint density at radius 1 is 1.19 bits per heavy atom. The Morgan fingerprint density at radius 3 is 2.52 bits per heavy atom. The number of sulfone groups is 1. The summed E-state index contributed by atoms with van der Waals surface area (Å²) in [4.78, 5) is 12.1. The molecule has 114 valence electrons. The van der Waals surface area contributed by atoms with Gasteiger partial charge in [-0.15, -0.1) is 0 Å². The molecule has 0 amide bonds. The summed E-state index contributed by atoms with van der Waals surface area (Å²) < 4.78 is 27.5. The number of imidazole rings is 1. The highest BCUT2D eigenvalue weighted by atomic mass is 32.2. The molecule has 0 radical (unpaired) electrons. The van der Waals surface area contributed by atoms with Gasteiger partial charge in [0.05, 0.1) is 10.6 Å². The van der Waals surface area contributed by atoms with Gasteiger partial charge in [0, 0.05) is 32.0 Å². The highest BCUT2D eigenvalue weighted by Crippen LogP contribution is 2.13. The average Bonchev–Trinajstić information content (AvgIpc) is 2.85. The molecular formula is C14H19N3O3S. The van der Waals surface area contributed by atoms with Crippen molar-refractivity contribution in [2.24, 2.45) is 5.73 Å². The first kappa shape index (κ1) is 15.5. The van der Waals surface area contributed by atoms with Crippen molar-refractivity contribution in [3.8, 4) is 0 Å². The predicted octanol–water partition coefficient (Wildman–Crippen LogP) is 0.602. The lowest BCUT2D eigenvalue weighted by molar-refractivity contribution is 0.584. The van der Waals surface area contributed by atoms with Crippen LogP contribution in [-0.2, 0) is 29.5 Å². The van der Waals surface area contributed by atoms with Crippen LogP contribution in [0.4, 0.5) is 0 Å². The van der Waals surface area contributed by atoms with E-state index in [1.165, 1.54) is 9.13 Å². The second-order valence-electron chi connectivity index (χ2n) is 4.73. The molecule has 0 fully saturated rings. The van der Waals surface area contributed by atoms with Crippen LogP contribution in [0.3, 0.4) is 0 Å². The van der Waals surface area contributed by atoms with Crippen LogP contribution in [0.2, 0.25) is 0 Å². The highest BCUT2D eigenvalue weighted by molar-refractivity contribution is 7.91. The van der Waals surface area contributed by atoms with E-state index < -0.39 is 9.84 Å². The summed E-state index contributed by atoms with van der Waals surface area (Å²) >= 11 is 0.